The molecule has 0 amide bonds. The normalized spacial score (nSPS) is 12.4. The van der Waals surface area contributed by atoms with Gasteiger partial charge in [-0.3, -0.25) is 0 Å². The molecule has 0 fully saturated rings. The van der Waals surface area contributed by atoms with Gasteiger partial charge in [0.05, 0.1) is 6.61 Å². The third-order valence-electron chi connectivity index (χ3n) is 4.65. The molecule has 0 spiro atoms. The topological polar surface area (TPSA) is 32.7 Å². The number of nitrogens with zero attached hydrogens (tertiary/aromatic N) is 1. The van der Waals surface area contributed by atoms with Crippen LogP contribution in [0.5, 0.6) is 5.75 Å². The van der Waals surface area contributed by atoms with Crippen LogP contribution in [0.1, 0.15) is 62.6 Å². The minimum absolute atomic E-state index is 0.367. The van der Waals surface area contributed by atoms with Crippen LogP contribution in [0, 0.1) is 12.8 Å². The van der Waals surface area contributed by atoms with Gasteiger partial charge in [-0.2, -0.15) is 0 Å². The predicted molar refractivity (Wildman–Crippen MR) is 110 cm³/mol. The summed E-state index contributed by atoms with van der Waals surface area (Å²) in [6.45, 7) is 8.01. The van der Waals surface area contributed by atoms with Crippen molar-refractivity contribution in [3.05, 3.63) is 28.8 Å². The van der Waals surface area contributed by atoms with Crippen LogP contribution in [0.3, 0.4) is 0 Å². The lowest BCUT2D eigenvalue weighted by Gasteiger charge is -2.17. The first-order valence-corrected chi connectivity index (χ1v) is 9.89. The number of rotatable bonds is 11. The van der Waals surface area contributed by atoms with Crippen LogP contribution in [-0.4, -0.2) is 35.8 Å². The van der Waals surface area contributed by atoms with Gasteiger partial charge in [0.2, 0.25) is 0 Å². The van der Waals surface area contributed by atoms with Crippen molar-refractivity contribution in [1.29, 1.82) is 0 Å². The van der Waals surface area contributed by atoms with Gasteiger partial charge in [-0.25, -0.2) is 0 Å². The zero-order valence-electron chi connectivity index (χ0n) is 16.6. The van der Waals surface area contributed by atoms with Gasteiger partial charge in [-0.1, -0.05) is 39.2 Å². The summed E-state index contributed by atoms with van der Waals surface area (Å²) < 4.78 is 5.82. The smallest absolute Gasteiger partial charge is 0.160 e. The van der Waals surface area contributed by atoms with E-state index in [2.05, 4.69) is 31.7 Å². The van der Waals surface area contributed by atoms with Gasteiger partial charge in [0.15, 0.2) is 5.05 Å². The molecule has 1 N–H and O–H groups in total. The molecule has 0 bridgehead atoms. The number of benzene rings is 1. The minimum Gasteiger partial charge on any atom is -0.508 e. The lowest BCUT2D eigenvalue weighted by atomic mass is 9.99. The van der Waals surface area contributed by atoms with E-state index < -0.39 is 0 Å². The number of thiocarbonyl (C=S) groups is 1. The van der Waals surface area contributed by atoms with E-state index >= 15 is 0 Å². The summed E-state index contributed by atoms with van der Waals surface area (Å²) in [7, 11) is 4.01. The molecule has 0 aliphatic carbocycles. The Morgan fingerprint density at radius 1 is 1.24 bits per heavy atom. The van der Waals surface area contributed by atoms with Gasteiger partial charge in [0.1, 0.15) is 5.75 Å². The van der Waals surface area contributed by atoms with Gasteiger partial charge in [0, 0.05) is 18.5 Å². The summed E-state index contributed by atoms with van der Waals surface area (Å²) >= 11 is 5.40. The van der Waals surface area contributed by atoms with Crippen molar-refractivity contribution in [2.24, 2.45) is 5.92 Å². The monoisotopic (exact) mass is 365 g/mol. The summed E-state index contributed by atoms with van der Waals surface area (Å²) in [5.41, 5.74) is 3.31. The minimum atomic E-state index is 0.367. The number of hydrogen-bond donors (Lipinski definition) is 1. The maximum absolute atomic E-state index is 10.2. The van der Waals surface area contributed by atoms with Gasteiger partial charge in [-0.15, -0.1) is 0 Å². The molecule has 0 heterocycles. The Hall–Kier alpha value is -1.13. The van der Waals surface area contributed by atoms with Gasteiger partial charge in [0.25, 0.3) is 0 Å². The van der Waals surface area contributed by atoms with Crippen LogP contribution >= 0.6 is 12.2 Å². The largest absolute Gasteiger partial charge is 0.508 e. The second kappa shape index (κ2) is 11.5. The zero-order valence-corrected chi connectivity index (χ0v) is 17.4. The third-order valence-corrected chi connectivity index (χ3v) is 4.97. The second-order valence-corrected chi connectivity index (χ2v) is 7.70. The molecule has 25 heavy (non-hydrogen) atoms. The molecule has 1 unspecified atom stereocenters. The van der Waals surface area contributed by atoms with Crippen molar-refractivity contribution in [3.8, 4) is 5.75 Å². The van der Waals surface area contributed by atoms with Crippen LogP contribution in [-0.2, 0) is 17.7 Å². The molecule has 142 valence electrons. The van der Waals surface area contributed by atoms with Crippen LogP contribution < -0.4 is 0 Å². The molecule has 0 saturated heterocycles. The fourth-order valence-electron chi connectivity index (χ4n) is 2.95. The summed E-state index contributed by atoms with van der Waals surface area (Å²) in [6, 6.07) is 3.96. The lowest BCUT2D eigenvalue weighted by Crippen LogP contribution is -2.13. The number of hydrogen-bond acceptors (Lipinski definition) is 4. The van der Waals surface area contributed by atoms with E-state index in [1.54, 1.807) is 0 Å². The predicted octanol–water partition coefficient (Wildman–Crippen LogP) is 5.26. The molecule has 0 aliphatic heterocycles. The highest BCUT2D eigenvalue weighted by Gasteiger charge is 2.11. The Labute approximate surface area is 159 Å². The molecular weight excluding hydrogens is 330 g/mol. The Bertz CT molecular complexity index is 543. The average Bonchev–Trinajstić information content (AvgIpc) is 2.56. The zero-order chi connectivity index (χ0) is 18.8. The first-order valence-electron chi connectivity index (χ1n) is 9.49. The van der Waals surface area contributed by atoms with Crippen LogP contribution in [0.4, 0.5) is 0 Å². The van der Waals surface area contributed by atoms with Crippen molar-refractivity contribution < 1.29 is 9.84 Å². The van der Waals surface area contributed by atoms with E-state index in [0.29, 0.717) is 16.7 Å². The molecule has 4 heteroatoms. The molecule has 0 saturated carbocycles. The highest BCUT2D eigenvalue weighted by atomic mass is 32.1. The molecular formula is C21H35NO2S. The van der Waals surface area contributed by atoms with E-state index in [9.17, 15) is 5.11 Å². The van der Waals surface area contributed by atoms with Crippen molar-refractivity contribution in [1.82, 2.24) is 4.90 Å². The molecule has 0 aliphatic rings. The van der Waals surface area contributed by atoms with Crippen LogP contribution in [0.15, 0.2) is 12.1 Å². The summed E-state index contributed by atoms with van der Waals surface area (Å²) in [5.74, 6) is 0.973. The molecule has 1 aromatic carbocycles. The fourth-order valence-corrected chi connectivity index (χ4v) is 3.12. The van der Waals surface area contributed by atoms with E-state index in [1.807, 2.05) is 20.2 Å². The number of phenols is 1. The number of ether oxygens (including phenoxy) is 1. The highest BCUT2D eigenvalue weighted by molar-refractivity contribution is 7.80. The molecule has 0 aromatic heterocycles. The van der Waals surface area contributed by atoms with Crippen molar-refractivity contribution >= 4 is 17.3 Å². The van der Waals surface area contributed by atoms with E-state index in [-0.39, 0.29) is 0 Å². The number of aromatic hydroxyl groups is 1. The Kier molecular flexibility index (Phi) is 10.1. The third kappa shape index (κ3) is 8.19. The van der Waals surface area contributed by atoms with Crippen LogP contribution in [0.2, 0.25) is 0 Å². The Morgan fingerprint density at radius 2 is 1.96 bits per heavy atom. The summed E-state index contributed by atoms with van der Waals surface area (Å²) in [4.78, 5) is 2.06. The standard InChI is InChI=1S/C21H35NO2S/c1-6-8-9-17(7-2)15-24-21(25)11-10-18-13-20(23)19(12-16(18)3)14-22(4)5/h12-13,17,23H,6-11,14-15H2,1-5H3. The van der Waals surface area contributed by atoms with Crippen molar-refractivity contribution in [2.45, 2.75) is 65.8 Å². The van der Waals surface area contributed by atoms with Gasteiger partial charge >= 0.3 is 0 Å². The van der Waals surface area contributed by atoms with E-state index in [1.165, 1.54) is 24.8 Å². The Balaban J connectivity index is 2.51. The van der Waals surface area contributed by atoms with Crippen molar-refractivity contribution in [3.63, 3.8) is 0 Å². The molecule has 1 rings (SSSR count). The average molecular weight is 366 g/mol. The van der Waals surface area contributed by atoms with E-state index in [0.717, 1.165) is 43.5 Å². The highest BCUT2D eigenvalue weighted by Crippen LogP contribution is 2.24. The first kappa shape index (κ1) is 21.9. The number of unbranched alkanes of at least 4 members (excludes halogenated alkanes) is 1. The van der Waals surface area contributed by atoms with Crippen molar-refractivity contribution in [2.75, 3.05) is 20.7 Å². The summed E-state index contributed by atoms with van der Waals surface area (Å²) in [5, 5.41) is 10.9. The van der Waals surface area contributed by atoms with E-state index in [4.69, 9.17) is 17.0 Å². The number of aryl methyl sites for hydroxylation is 2. The molecule has 3 nitrogen and oxygen atoms in total. The molecule has 1 aromatic rings. The molecule has 0 radical (unpaired) electrons. The Morgan fingerprint density at radius 3 is 2.56 bits per heavy atom. The molecule has 1 atom stereocenters. The van der Waals surface area contributed by atoms with Gasteiger partial charge < -0.3 is 14.7 Å². The maximum Gasteiger partial charge on any atom is 0.160 e. The lowest BCUT2D eigenvalue weighted by molar-refractivity contribution is 0.223. The fraction of sp³-hybridized carbons (Fsp3) is 0.667. The first-order chi connectivity index (χ1) is 11.9. The van der Waals surface area contributed by atoms with Gasteiger partial charge in [-0.05, 0) is 69.2 Å². The second-order valence-electron chi connectivity index (χ2n) is 7.24. The number of phenolic OH excluding ortho intramolecular Hbond substituents is 1. The SMILES string of the molecule is CCCCC(CC)COC(=S)CCc1cc(O)c(CN(C)C)cc1C. The maximum atomic E-state index is 10.2. The quantitative estimate of drug-likeness (QED) is 0.543. The van der Waals surface area contributed by atoms with Crippen LogP contribution in [0.25, 0.3) is 0 Å². The summed E-state index contributed by atoms with van der Waals surface area (Å²) in [6.07, 6.45) is 6.39.